The number of nitrogens with zero attached hydrogens (tertiary/aromatic N) is 1. The van der Waals surface area contributed by atoms with Gasteiger partial charge < -0.3 is 0 Å². The van der Waals surface area contributed by atoms with Crippen LogP contribution in [0.2, 0.25) is 0 Å². The van der Waals surface area contributed by atoms with E-state index in [1.807, 2.05) is 0 Å². The molecule has 0 amide bonds. The Morgan fingerprint density at radius 1 is 1.45 bits per heavy atom. The lowest BCUT2D eigenvalue weighted by Gasteiger charge is -1.89. The van der Waals surface area contributed by atoms with Gasteiger partial charge >= 0.3 is 0 Å². The van der Waals surface area contributed by atoms with Crippen LogP contribution in [0.1, 0.15) is 5.69 Å². The average Bonchev–Trinajstić information content (AvgIpc) is 2.04. The van der Waals surface area contributed by atoms with Crippen molar-refractivity contribution in [2.75, 3.05) is 0 Å². The number of allylic oxidation sites excluding steroid dienone is 1. The maximum atomic E-state index is 12.3. The van der Waals surface area contributed by atoms with E-state index < -0.39 is 0 Å². The Hall–Kier alpha value is -1.51. The van der Waals surface area contributed by atoms with Crippen LogP contribution in [0.5, 0.6) is 0 Å². The number of aldehydes is 1. The Labute approximate surface area is 63.4 Å². The summed E-state index contributed by atoms with van der Waals surface area (Å²) in [6.07, 6.45) is 4.56. The van der Waals surface area contributed by atoms with Gasteiger partial charge in [0.2, 0.25) is 0 Å². The van der Waals surface area contributed by atoms with Crippen molar-refractivity contribution in [1.29, 1.82) is 0 Å². The van der Waals surface area contributed by atoms with E-state index in [0.717, 1.165) is 6.20 Å². The van der Waals surface area contributed by atoms with Gasteiger partial charge in [-0.15, -0.1) is 0 Å². The van der Waals surface area contributed by atoms with E-state index in [-0.39, 0.29) is 5.82 Å². The van der Waals surface area contributed by atoms with E-state index in [4.69, 9.17) is 0 Å². The average molecular weight is 151 g/mol. The molecule has 0 spiro atoms. The van der Waals surface area contributed by atoms with Crippen LogP contribution in [0, 0.1) is 5.82 Å². The Kier molecular flexibility index (Phi) is 2.49. The molecule has 2 nitrogen and oxygen atoms in total. The first kappa shape index (κ1) is 7.60. The Balaban J connectivity index is 2.81. The van der Waals surface area contributed by atoms with Gasteiger partial charge in [-0.25, -0.2) is 4.39 Å². The predicted molar refractivity (Wildman–Crippen MR) is 39.3 cm³/mol. The van der Waals surface area contributed by atoms with Crippen molar-refractivity contribution >= 4 is 12.4 Å². The summed E-state index contributed by atoms with van der Waals surface area (Å²) in [6.45, 7) is 0. The molecule has 0 saturated carbocycles. The zero-order chi connectivity index (χ0) is 8.10. The first-order valence-electron chi connectivity index (χ1n) is 3.06. The van der Waals surface area contributed by atoms with Gasteiger partial charge in [-0.2, -0.15) is 0 Å². The minimum Gasteiger partial charge on any atom is -0.299 e. The quantitative estimate of drug-likeness (QED) is 0.472. The number of pyridine rings is 1. The summed E-state index contributed by atoms with van der Waals surface area (Å²) in [5.41, 5.74) is 0.568. The summed E-state index contributed by atoms with van der Waals surface area (Å²) < 4.78 is 12.3. The number of carbonyl (C=O) groups excluding carboxylic acids is 1. The van der Waals surface area contributed by atoms with E-state index >= 15 is 0 Å². The normalized spacial score (nSPS) is 10.3. The number of aromatic nitrogens is 1. The number of rotatable bonds is 2. The molecule has 0 bridgehead atoms. The molecule has 11 heavy (non-hydrogen) atoms. The second-order valence-corrected chi connectivity index (χ2v) is 1.90. The number of hydrogen-bond donors (Lipinski definition) is 0. The fraction of sp³-hybridized carbons (Fsp3) is 0. The molecule has 1 heterocycles. The molecule has 3 heteroatoms. The van der Waals surface area contributed by atoms with Crippen molar-refractivity contribution in [3.05, 3.63) is 35.9 Å². The molecule has 0 saturated heterocycles. The van der Waals surface area contributed by atoms with Crippen LogP contribution in [-0.4, -0.2) is 11.3 Å². The molecular weight excluding hydrogens is 145 g/mol. The summed E-state index contributed by atoms with van der Waals surface area (Å²) in [6, 6.07) is 2.78. The van der Waals surface area contributed by atoms with Crippen molar-refractivity contribution in [1.82, 2.24) is 4.98 Å². The van der Waals surface area contributed by atoms with Crippen molar-refractivity contribution in [2.24, 2.45) is 0 Å². The monoisotopic (exact) mass is 151 g/mol. The van der Waals surface area contributed by atoms with Gasteiger partial charge in [-0.3, -0.25) is 9.78 Å². The molecule has 56 valence electrons. The summed E-state index contributed by atoms with van der Waals surface area (Å²) >= 11 is 0. The standard InChI is InChI=1S/C8H6FNO/c9-7-3-4-8(10-6-7)2-1-5-11/h1-6H. The minimum absolute atomic E-state index is 0.381. The molecule has 1 rings (SSSR count). The SMILES string of the molecule is O=CC=Cc1ccc(F)cn1. The Morgan fingerprint density at radius 3 is 2.82 bits per heavy atom. The highest BCUT2D eigenvalue weighted by Crippen LogP contribution is 1.98. The van der Waals surface area contributed by atoms with Crippen LogP contribution in [0.3, 0.4) is 0 Å². The first-order chi connectivity index (χ1) is 5.33. The van der Waals surface area contributed by atoms with Crippen LogP contribution in [0.15, 0.2) is 24.4 Å². The van der Waals surface area contributed by atoms with Crippen molar-refractivity contribution in [2.45, 2.75) is 0 Å². The van der Waals surface area contributed by atoms with E-state index in [1.54, 1.807) is 0 Å². The lowest BCUT2D eigenvalue weighted by atomic mass is 10.3. The van der Waals surface area contributed by atoms with Gasteiger partial charge in [0, 0.05) is 0 Å². The highest BCUT2D eigenvalue weighted by molar-refractivity contribution is 5.72. The predicted octanol–water partition coefficient (Wildman–Crippen LogP) is 1.43. The van der Waals surface area contributed by atoms with E-state index in [9.17, 15) is 9.18 Å². The summed E-state index contributed by atoms with van der Waals surface area (Å²) in [5.74, 6) is -0.381. The molecule has 0 unspecified atom stereocenters. The van der Waals surface area contributed by atoms with Crippen LogP contribution < -0.4 is 0 Å². The van der Waals surface area contributed by atoms with E-state index in [0.29, 0.717) is 12.0 Å². The molecule has 1 aromatic rings. The third-order valence-corrected chi connectivity index (χ3v) is 1.10. The molecule has 0 aliphatic heterocycles. The Bertz CT molecular complexity index is 266. The van der Waals surface area contributed by atoms with Gasteiger partial charge in [0.1, 0.15) is 12.1 Å². The van der Waals surface area contributed by atoms with Crippen LogP contribution in [0.25, 0.3) is 6.08 Å². The van der Waals surface area contributed by atoms with Crippen LogP contribution in [0.4, 0.5) is 4.39 Å². The molecule has 0 atom stereocenters. The van der Waals surface area contributed by atoms with Gasteiger partial charge in [-0.05, 0) is 24.3 Å². The van der Waals surface area contributed by atoms with Crippen LogP contribution >= 0.6 is 0 Å². The first-order valence-corrected chi connectivity index (χ1v) is 3.06. The molecule has 0 aliphatic rings. The summed E-state index contributed by atoms with van der Waals surface area (Å²) in [5, 5.41) is 0. The topological polar surface area (TPSA) is 30.0 Å². The zero-order valence-electron chi connectivity index (χ0n) is 5.70. The molecule has 0 fully saturated rings. The lowest BCUT2D eigenvalue weighted by Crippen LogP contribution is -1.81. The van der Waals surface area contributed by atoms with Crippen molar-refractivity contribution < 1.29 is 9.18 Å². The number of carbonyl (C=O) groups is 1. The molecule has 0 radical (unpaired) electrons. The van der Waals surface area contributed by atoms with E-state index in [1.165, 1.54) is 24.3 Å². The summed E-state index contributed by atoms with van der Waals surface area (Å²) in [4.78, 5) is 13.6. The molecular formula is C8H6FNO. The second-order valence-electron chi connectivity index (χ2n) is 1.90. The van der Waals surface area contributed by atoms with Crippen molar-refractivity contribution in [3.63, 3.8) is 0 Å². The molecule has 0 aromatic carbocycles. The van der Waals surface area contributed by atoms with Gasteiger partial charge in [0.15, 0.2) is 0 Å². The molecule has 1 aromatic heterocycles. The van der Waals surface area contributed by atoms with Crippen LogP contribution in [-0.2, 0) is 4.79 Å². The molecule has 0 aliphatic carbocycles. The number of hydrogen-bond acceptors (Lipinski definition) is 2. The smallest absolute Gasteiger partial charge is 0.142 e. The minimum atomic E-state index is -0.381. The number of halogens is 1. The lowest BCUT2D eigenvalue weighted by molar-refractivity contribution is -0.104. The fourth-order valence-corrected chi connectivity index (χ4v) is 0.624. The third kappa shape index (κ3) is 2.29. The van der Waals surface area contributed by atoms with Gasteiger partial charge in [-0.1, -0.05) is 0 Å². The van der Waals surface area contributed by atoms with Crippen molar-refractivity contribution in [3.8, 4) is 0 Å². The fourth-order valence-electron chi connectivity index (χ4n) is 0.624. The van der Waals surface area contributed by atoms with E-state index in [2.05, 4.69) is 4.98 Å². The maximum absolute atomic E-state index is 12.3. The largest absolute Gasteiger partial charge is 0.299 e. The van der Waals surface area contributed by atoms with Gasteiger partial charge in [0.25, 0.3) is 0 Å². The molecule has 0 N–H and O–H groups in total. The summed E-state index contributed by atoms with van der Waals surface area (Å²) in [7, 11) is 0. The highest BCUT2D eigenvalue weighted by atomic mass is 19.1. The van der Waals surface area contributed by atoms with Gasteiger partial charge in [0.05, 0.1) is 11.9 Å². The Morgan fingerprint density at radius 2 is 2.27 bits per heavy atom. The maximum Gasteiger partial charge on any atom is 0.142 e. The third-order valence-electron chi connectivity index (χ3n) is 1.10. The second kappa shape index (κ2) is 3.61. The zero-order valence-corrected chi connectivity index (χ0v) is 5.70. The highest BCUT2D eigenvalue weighted by Gasteiger charge is 1.88.